The number of nitrogens with one attached hydrogen (secondary N) is 1. The van der Waals surface area contributed by atoms with E-state index in [1.165, 1.54) is 0 Å². The van der Waals surface area contributed by atoms with E-state index in [2.05, 4.69) is 11.4 Å². The summed E-state index contributed by atoms with van der Waals surface area (Å²) in [7, 11) is 0. The Balaban J connectivity index is 1.48. The van der Waals surface area contributed by atoms with Crippen LogP contribution >= 0.6 is 23.4 Å². The molecule has 0 unspecified atom stereocenters. The van der Waals surface area contributed by atoms with E-state index in [0.717, 1.165) is 40.2 Å². The van der Waals surface area contributed by atoms with Crippen molar-refractivity contribution >= 4 is 40.8 Å². The standard InChI is InChI=1S/C26H24ClN3O2S/c27-20-8-6-7-18(15-20)17-28-26(31)19-11-12-24-22(16-19)29-25(30(32)13-4-1-5-14-30)21-9-2-3-10-23(21)33-24/h2-3,6-12,15-16,32H,1,4-5,13-14,17H2/p+1. The fourth-order valence-corrected chi connectivity index (χ4v) is 5.57. The minimum atomic E-state index is -0.174. The number of hydrogen-bond acceptors (Lipinski definition) is 4. The fraction of sp³-hybridized carbons (Fsp3) is 0.231. The van der Waals surface area contributed by atoms with E-state index >= 15 is 0 Å². The van der Waals surface area contributed by atoms with E-state index in [0.29, 0.717) is 41.7 Å². The van der Waals surface area contributed by atoms with Crippen LogP contribution in [0.3, 0.4) is 0 Å². The van der Waals surface area contributed by atoms with Gasteiger partial charge in [-0.2, -0.15) is 4.99 Å². The van der Waals surface area contributed by atoms with Crippen LogP contribution in [0.4, 0.5) is 5.69 Å². The number of aliphatic imine (C=N–C) groups is 1. The zero-order valence-electron chi connectivity index (χ0n) is 18.1. The van der Waals surface area contributed by atoms with Gasteiger partial charge in [0.1, 0.15) is 13.1 Å². The summed E-state index contributed by atoms with van der Waals surface area (Å²) in [5.41, 5.74) is 3.14. The molecule has 3 aromatic carbocycles. The zero-order chi connectivity index (χ0) is 22.8. The highest BCUT2D eigenvalue weighted by Gasteiger charge is 2.39. The molecular formula is C26H25ClN3O2S+. The smallest absolute Gasteiger partial charge is 0.269 e. The minimum Gasteiger partial charge on any atom is -0.348 e. The summed E-state index contributed by atoms with van der Waals surface area (Å²) >= 11 is 7.67. The van der Waals surface area contributed by atoms with E-state index < -0.39 is 0 Å². The molecule has 0 bridgehead atoms. The number of nitrogens with zero attached hydrogens (tertiary/aromatic N) is 2. The molecule has 5 rings (SSSR count). The lowest BCUT2D eigenvalue weighted by Gasteiger charge is -2.33. The maximum atomic E-state index is 12.9. The molecule has 0 atom stereocenters. The van der Waals surface area contributed by atoms with Gasteiger partial charge in [-0.05, 0) is 54.4 Å². The molecular weight excluding hydrogens is 454 g/mol. The van der Waals surface area contributed by atoms with Gasteiger partial charge in [-0.25, -0.2) is 5.21 Å². The maximum Gasteiger partial charge on any atom is 0.269 e. The first-order chi connectivity index (χ1) is 16.0. The predicted molar refractivity (Wildman–Crippen MR) is 131 cm³/mol. The molecule has 5 nitrogen and oxygen atoms in total. The topological polar surface area (TPSA) is 61.7 Å². The van der Waals surface area contributed by atoms with Gasteiger partial charge in [0.05, 0.1) is 11.3 Å². The lowest BCUT2D eigenvalue weighted by molar-refractivity contribution is -1.03. The van der Waals surface area contributed by atoms with E-state index in [9.17, 15) is 10.0 Å². The third kappa shape index (κ3) is 4.70. The summed E-state index contributed by atoms with van der Waals surface area (Å²) in [6.07, 6.45) is 3.05. The molecule has 1 amide bonds. The number of hydroxylamine groups is 3. The van der Waals surface area contributed by atoms with Crippen molar-refractivity contribution in [3.05, 3.63) is 88.4 Å². The number of carbonyl (C=O) groups is 1. The Morgan fingerprint density at radius 1 is 1.00 bits per heavy atom. The third-order valence-corrected chi connectivity index (χ3v) is 7.46. The van der Waals surface area contributed by atoms with Crippen molar-refractivity contribution < 1.29 is 14.6 Å². The lowest BCUT2D eigenvalue weighted by Crippen LogP contribution is -2.53. The number of halogens is 1. The summed E-state index contributed by atoms with van der Waals surface area (Å²) in [6, 6.07) is 21.1. The molecule has 3 aromatic rings. The molecule has 168 valence electrons. The van der Waals surface area contributed by atoms with Crippen molar-refractivity contribution in [2.75, 3.05) is 13.1 Å². The molecule has 33 heavy (non-hydrogen) atoms. The molecule has 2 aliphatic rings. The number of likely N-dealkylation sites (tertiary alicyclic amines) is 1. The number of fused-ring (bicyclic) bond motifs is 2. The van der Waals surface area contributed by atoms with E-state index in [1.807, 2.05) is 60.7 Å². The summed E-state index contributed by atoms with van der Waals surface area (Å²) in [5.74, 6) is 0.486. The maximum absolute atomic E-state index is 12.9. The number of benzene rings is 3. The van der Waals surface area contributed by atoms with Gasteiger partial charge in [0.15, 0.2) is 0 Å². The van der Waals surface area contributed by atoms with Gasteiger partial charge in [0.25, 0.3) is 11.7 Å². The second-order valence-corrected chi connectivity index (χ2v) is 9.98. The zero-order valence-corrected chi connectivity index (χ0v) is 19.7. The summed E-state index contributed by atoms with van der Waals surface area (Å²) in [6.45, 7) is 1.68. The molecule has 0 radical (unpaired) electrons. The monoisotopic (exact) mass is 478 g/mol. The fourth-order valence-electron chi connectivity index (χ4n) is 4.36. The Labute approximate surface area is 202 Å². The quantitative estimate of drug-likeness (QED) is 0.440. The van der Waals surface area contributed by atoms with Crippen molar-refractivity contribution in [3.8, 4) is 0 Å². The van der Waals surface area contributed by atoms with Gasteiger partial charge in [-0.3, -0.25) is 4.79 Å². The Bertz CT molecular complexity index is 1240. The Morgan fingerprint density at radius 3 is 2.64 bits per heavy atom. The van der Waals surface area contributed by atoms with E-state index in [4.69, 9.17) is 16.6 Å². The summed E-state index contributed by atoms with van der Waals surface area (Å²) in [5, 5.41) is 15.1. The third-order valence-electron chi connectivity index (χ3n) is 6.09. The number of carbonyl (C=O) groups excluding carboxylic acids is 1. The summed E-state index contributed by atoms with van der Waals surface area (Å²) < 4.78 is -0.164. The van der Waals surface area contributed by atoms with E-state index in [-0.39, 0.29) is 10.6 Å². The van der Waals surface area contributed by atoms with Crippen LogP contribution in [0.5, 0.6) is 0 Å². The molecule has 1 saturated heterocycles. The van der Waals surface area contributed by atoms with Gasteiger partial charge in [0, 0.05) is 39.8 Å². The van der Waals surface area contributed by atoms with Crippen LogP contribution < -0.4 is 5.32 Å². The Kier molecular flexibility index (Phi) is 6.25. The molecule has 2 N–H and O–H groups in total. The SMILES string of the molecule is O=C(NCc1cccc(Cl)c1)c1ccc2c(c1)N=C([N+]1(O)CCCCC1)c1ccccc1S2. The highest BCUT2D eigenvalue weighted by atomic mass is 35.5. The number of piperidine rings is 1. The van der Waals surface area contributed by atoms with Gasteiger partial charge >= 0.3 is 0 Å². The average molecular weight is 479 g/mol. The van der Waals surface area contributed by atoms with Gasteiger partial charge < -0.3 is 5.32 Å². The van der Waals surface area contributed by atoms with Crippen LogP contribution in [-0.4, -0.2) is 34.7 Å². The molecule has 7 heteroatoms. The van der Waals surface area contributed by atoms with Crippen LogP contribution in [0.1, 0.15) is 40.7 Å². The first kappa shape index (κ1) is 22.2. The number of hydrogen-bond donors (Lipinski definition) is 2. The van der Waals surface area contributed by atoms with E-state index in [1.54, 1.807) is 11.8 Å². The molecule has 0 aromatic heterocycles. The lowest BCUT2D eigenvalue weighted by atomic mass is 10.1. The van der Waals surface area contributed by atoms with Crippen molar-refractivity contribution in [3.63, 3.8) is 0 Å². The van der Waals surface area contributed by atoms with Gasteiger partial charge in [0.2, 0.25) is 0 Å². The van der Waals surface area contributed by atoms with Gasteiger partial charge in [-0.1, -0.05) is 47.6 Å². The normalized spacial score (nSPS) is 16.7. The first-order valence-electron chi connectivity index (χ1n) is 11.1. The second-order valence-electron chi connectivity index (χ2n) is 8.46. The van der Waals surface area contributed by atoms with Crippen LogP contribution in [0.2, 0.25) is 5.02 Å². The first-order valence-corrected chi connectivity index (χ1v) is 12.3. The molecule has 0 aliphatic carbocycles. The van der Waals surface area contributed by atoms with Crippen LogP contribution in [0.25, 0.3) is 0 Å². The molecule has 2 aliphatic heterocycles. The largest absolute Gasteiger partial charge is 0.348 e. The molecule has 2 heterocycles. The van der Waals surface area contributed by atoms with Crippen molar-refractivity contribution in [2.24, 2.45) is 4.99 Å². The van der Waals surface area contributed by atoms with Crippen molar-refractivity contribution in [1.82, 2.24) is 5.32 Å². The van der Waals surface area contributed by atoms with Crippen molar-refractivity contribution in [1.29, 1.82) is 0 Å². The van der Waals surface area contributed by atoms with Crippen LogP contribution in [0.15, 0.2) is 81.5 Å². The average Bonchev–Trinajstić information content (AvgIpc) is 3.00. The van der Waals surface area contributed by atoms with Crippen LogP contribution in [0, 0.1) is 0 Å². The summed E-state index contributed by atoms with van der Waals surface area (Å²) in [4.78, 5) is 19.9. The number of quaternary nitrogens is 1. The number of amides is 1. The number of amidine groups is 1. The molecule has 0 saturated carbocycles. The van der Waals surface area contributed by atoms with Gasteiger partial charge in [-0.15, -0.1) is 4.65 Å². The molecule has 1 fully saturated rings. The highest BCUT2D eigenvalue weighted by molar-refractivity contribution is 7.99. The Morgan fingerprint density at radius 2 is 1.82 bits per heavy atom. The predicted octanol–water partition coefficient (Wildman–Crippen LogP) is 6.20. The second kappa shape index (κ2) is 9.31. The van der Waals surface area contributed by atoms with Crippen LogP contribution in [-0.2, 0) is 6.54 Å². The molecule has 0 spiro atoms. The highest BCUT2D eigenvalue weighted by Crippen LogP contribution is 2.42. The Hall–Kier alpha value is -2.64. The van der Waals surface area contributed by atoms with Crippen molar-refractivity contribution in [2.45, 2.75) is 35.6 Å². The minimum absolute atomic E-state index is 0.164. The number of rotatable bonds is 3.